The van der Waals surface area contributed by atoms with Crippen LogP contribution in [0.2, 0.25) is 0 Å². The van der Waals surface area contributed by atoms with E-state index in [4.69, 9.17) is 9.84 Å². The molecule has 1 unspecified atom stereocenters. The second kappa shape index (κ2) is 7.71. The number of ether oxygens (including phenoxy) is 1. The van der Waals surface area contributed by atoms with Crippen LogP contribution >= 0.6 is 11.3 Å². The van der Waals surface area contributed by atoms with Crippen molar-refractivity contribution in [3.05, 3.63) is 15.6 Å². The molecule has 1 aliphatic rings. The standard InChI is InChI=1S/C15H21N3O5S/c1-9-14(24-10(2)16-9)15(22)17-4-5-23-12(6-17)7-18(11(3)19)8-13(20)21/h12H,4-8H2,1-3H3,(H,20,21). The number of hydrogen-bond acceptors (Lipinski definition) is 6. The third-order valence-corrected chi connectivity index (χ3v) is 4.78. The lowest BCUT2D eigenvalue weighted by molar-refractivity contribution is -0.145. The minimum absolute atomic E-state index is 0.0981. The lowest BCUT2D eigenvalue weighted by Gasteiger charge is -2.35. The van der Waals surface area contributed by atoms with Gasteiger partial charge in [0.25, 0.3) is 5.91 Å². The van der Waals surface area contributed by atoms with Crippen LogP contribution in [0.4, 0.5) is 0 Å². The topological polar surface area (TPSA) is 100 Å². The van der Waals surface area contributed by atoms with Crippen LogP contribution in [0, 0.1) is 13.8 Å². The van der Waals surface area contributed by atoms with Gasteiger partial charge in [0.15, 0.2) is 0 Å². The molecule has 1 N–H and O–H groups in total. The Labute approximate surface area is 144 Å². The molecule has 1 atom stereocenters. The van der Waals surface area contributed by atoms with Crippen LogP contribution in [-0.2, 0) is 14.3 Å². The van der Waals surface area contributed by atoms with Gasteiger partial charge in [-0.05, 0) is 13.8 Å². The van der Waals surface area contributed by atoms with Gasteiger partial charge in [-0.15, -0.1) is 11.3 Å². The zero-order chi connectivity index (χ0) is 17.9. The van der Waals surface area contributed by atoms with E-state index in [1.807, 2.05) is 6.92 Å². The number of aromatic nitrogens is 1. The van der Waals surface area contributed by atoms with Crippen molar-refractivity contribution < 1.29 is 24.2 Å². The first-order valence-electron chi connectivity index (χ1n) is 7.60. The molecule has 0 radical (unpaired) electrons. The molecular weight excluding hydrogens is 334 g/mol. The van der Waals surface area contributed by atoms with Crippen LogP contribution in [0.3, 0.4) is 0 Å². The van der Waals surface area contributed by atoms with E-state index in [0.29, 0.717) is 30.3 Å². The van der Waals surface area contributed by atoms with Gasteiger partial charge in [0.2, 0.25) is 5.91 Å². The minimum Gasteiger partial charge on any atom is -0.480 e. The molecule has 0 aromatic carbocycles. The molecule has 24 heavy (non-hydrogen) atoms. The summed E-state index contributed by atoms with van der Waals surface area (Å²) in [5.74, 6) is -1.51. The lowest BCUT2D eigenvalue weighted by atomic mass is 10.2. The average molecular weight is 355 g/mol. The third-order valence-electron chi connectivity index (χ3n) is 3.72. The molecule has 0 aliphatic carbocycles. The van der Waals surface area contributed by atoms with E-state index in [9.17, 15) is 14.4 Å². The van der Waals surface area contributed by atoms with Crippen LogP contribution in [0.5, 0.6) is 0 Å². The molecule has 1 aromatic heterocycles. The Balaban J connectivity index is 2.03. The summed E-state index contributed by atoms with van der Waals surface area (Å²) in [6.45, 7) is 5.88. The van der Waals surface area contributed by atoms with Crippen LogP contribution in [-0.4, -0.2) is 76.6 Å². The van der Waals surface area contributed by atoms with Crippen molar-refractivity contribution >= 4 is 29.1 Å². The molecule has 8 nitrogen and oxygen atoms in total. The number of aliphatic carboxylic acids is 1. The molecule has 2 heterocycles. The number of carbonyl (C=O) groups is 3. The number of carboxylic acids is 1. The van der Waals surface area contributed by atoms with Gasteiger partial charge in [-0.1, -0.05) is 0 Å². The zero-order valence-electron chi connectivity index (χ0n) is 13.9. The Morgan fingerprint density at radius 1 is 1.42 bits per heavy atom. The Morgan fingerprint density at radius 3 is 2.67 bits per heavy atom. The summed E-state index contributed by atoms with van der Waals surface area (Å²) in [6, 6.07) is 0. The summed E-state index contributed by atoms with van der Waals surface area (Å²) < 4.78 is 5.60. The van der Waals surface area contributed by atoms with Gasteiger partial charge in [0.05, 0.1) is 23.4 Å². The first kappa shape index (κ1) is 18.3. The maximum absolute atomic E-state index is 12.6. The smallest absolute Gasteiger partial charge is 0.323 e. The van der Waals surface area contributed by atoms with Crippen molar-refractivity contribution in [2.45, 2.75) is 26.9 Å². The molecule has 1 saturated heterocycles. The van der Waals surface area contributed by atoms with Crippen LogP contribution in [0.1, 0.15) is 27.3 Å². The van der Waals surface area contributed by atoms with Crippen molar-refractivity contribution in [3.63, 3.8) is 0 Å². The summed E-state index contributed by atoms with van der Waals surface area (Å²) in [4.78, 5) is 42.8. The van der Waals surface area contributed by atoms with E-state index in [0.717, 1.165) is 5.01 Å². The van der Waals surface area contributed by atoms with Crippen molar-refractivity contribution in [2.75, 3.05) is 32.8 Å². The maximum atomic E-state index is 12.6. The summed E-state index contributed by atoms with van der Waals surface area (Å²) in [5, 5.41) is 9.72. The molecule has 0 saturated carbocycles. The number of amides is 2. The summed E-state index contributed by atoms with van der Waals surface area (Å²) >= 11 is 1.36. The fourth-order valence-electron chi connectivity index (χ4n) is 2.60. The van der Waals surface area contributed by atoms with Crippen LogP contribution in [0.25, 0.3) is 0 Å². The zero-order valence-corrected chi connectivity index (χ0v) is 14.8. The van der Waals surface area contributed by atoms with Crippen LogP contribution in [0.15, 0.2) is 0 Å². The van der Waals surface area contributed by atoms with Gasteiger partial charge in [0, 0.05) is 26.6 Å². The van der Waals surface area contributed by atoms with Gasteiger partial charge < -0.3 is 19.6 Å². The second-order valence-corrected chi connectivity index (χ2v) is 6.89. The maximum Gasteiger partial charge on any atom is 0.323 e. The molecule has 2 rings (SSSR count). The number of rotatable bonds is 5. The van der Waals surface area contributed by atoms with Gasteiger partial charge in [-0.2, -0.15) is 0 Å². The summed E-state index contributed by atoms with van der Waals surface area (Å²) in [6.07, 6.45) is -0.403. The predicted octanol–water partition coefficient (Wildman–Crippen LogP) is 0.534. The van der Waals surface area contributed by atoms with Gasteiger partial charge in [0.1, 0.15) is 11.4 Å². The Hall–Kier alpha value is -2.00. The number of hydrogen-bond donors (Lipinski definition) is 1. The Morgan fingerprint density at radius 2 is 2.12 bits per heavy atom. The van der Waals surface area contributed by atoms with Crippen molar-refractivity contribution in [1.82, 2.24) is 14.8 Å². The van der Waals surface area contributed by atoms with E-state index >= 15 is 0 Å². The molecule has 9 heteroatoms. The van der Waals surface area contributed by atoms with E-state index in [1.165, 1.54) is 23.2 Å². The fourth-order valence-corrected chi connectivity index (χ4v) is 3.49. The van der Waals surface area contributed by atoms with Crippen molar-refractivity contribution in [2.24, 2.45) is 0 Å². The van der Waals surface area contributed by atoms with E-state index < -0.39 is 12.1 Å². The molecule has 1 fully saturated rings. The quantitative estimate of drug-likeness (QED) is 0.827. The summed E-state index contributed by atoms with van der Waals surface area (Å²) in [5.41, 5.74) is 0.710. The highest BCUT2D eigenvalue weighted by molar-refractivity contribution is 7.13. The lowest BCUT2D eigenvalue weighted by Crippen LogP contribution is -2.51. The number of nitrogens with zero attached hydrogens (tertiary/aromatic N) is 3. The van der Waals surface area contributed by atoms with Crippen LogP contribution < -0.4 is 0 Å². The fraction of sp³-hybridized carbons (Fsp3) is 0.600. The van der Waals surface area contributed by atoms with E-state index in [2.05, 4.69) is 4.98 Å². The highest BCUT2D eigenvalue weighted by Gasteiger charge is 2.29. The monoisotopic (exact) mass is 355 g/mol. The number of thiazole rings is 1. The predicted molar refractivity (Wildman–Crippen MR) is 87.1 cm³/mol. The molecule has 2 amide bonds. The average Bonchev–Trinajstić information content (AvgIpc) is 2.84. The SMILES string of the molecule is CC(=O)N(CC(=O)O)CC1CN(C(=O)c2sc(C)nc2C)CCO1. The van der Waals surface area contributed by atoms with Gasteiger partial charge in [-0.3, -0.25) is 14.4 Å². The molecule has 132 valence electrons. The van der Waals surface area contributed by atoms with E-state index in [-0.39, 0.29) is 24.9 Å². The molecular formula is C15H21N3O5S. The highest BCUT2D eigenvalue weighted by atomic mass is 32.1. The molecule has 0 spiro atoms. The number of carboxylic acid groups (broad SMARTS) is 1. The third kappa shape index (κ3) is 4.51. The van der Waals surface area contributed by atoms with E-state index in [1.54, 1.807) is 11.8 Å². The van der Waals surface area contributed by atoms with Crippen molar-refractivity contribution in [3.8, 4) is 0 Å². The molecule has 1 aliphatic heterocycles. The molecule has 0 bridgehead atoms. The first-order valence-corrected chi connectivity index (χ1v) is 8.41. The number of carbonyl (C=O) groups excluding carboxylic acids is 2. The second-order valence-electron chi connectivity index (χ2n) is 5.68. The minimum atomic E-state index is -1.08. The first-order chi connectivity index (χ1) is 11.3. The normalized spacial score (nSPS) is 17.6. The van der Waals surface area contributed by atoms with Gasteiger partial charge in [-0.25, -0.2) is 4.98 Å². The molecule has 1 aromatic rings. The largest absolute Gasteiger partial charge is 0.480 e. The number of morpholine rings is 1. The van der Waals surface area contributed by atoms with Gasteiger partial charge >= 0.3 is 5.97 Å². The Kier molecular flexibility index (Phi) is 5.89. The highest BCUT2D eigenvalue weighted by Crippen LogP contribution is 2.20. The Bertz CT molecular complexity index is 645. The summed E-state index contributed by atoms with van der Waals surface area (Å²) in [7, 11) is 0. The number of aryl methyl sites for hydroxylation is 2. The van der Waals surface area contributed by atoms with Crippen molar-refractivity contribution in [1.29, 1.82) is 0 Å².